The normalized spacial score (nSPS) is 23.1. The Morgan fingerprint density at radius 1 is 1.14 bits per heavy atom. The van der Waals surface area contributed by atoms with Gasteiger partial charge in [0.15, 0.2) is 5.96 Å². The minimum Gasteiger partial charge on any atom is -0.380 e. The van der Waals surface area contributed by atoms with Crippen LogP contribution in [-0.4, -0.2) is 38.8 Å². The second-order valence-corrected chi connectivity index (χ2v) is 6.91. The molecule has 1 aliphatic heterocycles. The molecular weight excluding hydrogens is 377 g/mol. The first-order valence-electron chi connectivity index (χ1n) is 8.21. The molecule has 0 atom stereocenters. The SMILES string of the molecule is CCNC(=NCC1(C)COC1)NCC1(CC)CCCC1.I. The minimum atomic E-state index is 0. The summed E-state index contributed by atoms with van der Waals surface area (Å²) in [6, 6.07) is 0. The summed E-state index contributed by atoms with van der Waals surface area (Å²) in [6.45, 7) is 11.2. The Balaban J connectivity index is 0.00000220. The Bertz CT molecular complexity index is 336. The molecule has 0 aromatic heterocycles. The maximum atomic E-state index is 5.29. The highest BCUT2D eigenvalue weighted by atomic mass is 127. The highest BCUT2D eigenvalue weighted by Gasteiger charge is 2.34. The summed E-state index contributed by atoms with van der Waals surface area (Å²) in [7, 11) is 0. The molecule has 0 unspecified atom stereocenters. The van der Waals surface area contributed by atoms with Gasteiger partial charge in [-0.2, -0.15) is 0 Å². The number of nitrogens with one attached hydrogen (secondary N) is 2. The van der Waals surface area contributed by atoms with E-state index in [1.165, 1.54) is 32.1 Å². The molecule has 0 amide bonds. The third kappa shape index (κ3) is 5.27. The topological polar surface area (TPSA) is 45.7 Å². The van der Waals surface area contributed by atoms with Crippen molar-refractivity contribution in [3.05, 3.63) is 0 Å². The van der Waals surface area contributed by atoms with Crippen LogP contribution in [0.4, 0.5) is 0 Å². The molecule has 1 aliphatic carbocycles. The van der Waals surface area contributed by atoms with Gasteiger partial charge >= 0.3 is 0 Å². The van der Waals surface area contributed by atoms with Gasteiger partial charge in [0.2, 0.25) is 0 Å². The van der Waals surface area contributed by atoms with Gasteiger partial charge in [-0.05, 0) is 31.6 Å². The van der Waals surface area contributed by atoms with E-state index in [1.807, 2.05) is 0 Å². The van der Waals surface area contributed by atoms with E-state index >= 15 is 0 Å². The molecule has 1 saturated heterocycles. The Kier molecular flexibility index (Phi) is 7.74. The molecule has 0 bridgehead atoms. The van der Waals surface area contributed by atoms with Crippen molar-refractivity contribution in [2.24, 2.45) is 15.8 Å². The first-order chi connectivity index (χ1) is 9.61. The molecule has 4 nitrogen and oxygen atoms in total. The molecule has 1 saturated carbocycles. The Labute approximate surface area is 146 Å². The van der Waals surface area contributed by atoms with E-state index in [0.29, 0.717) is 5.41 Å². The summed E-state index contributed by atoms with van der Waals surface area (Å²) < 4.78 is 5.29. The van der Waals surface area contributed by atoms with E-state index in [0.717, 1.165) is 38.8 Å². The molecule has 21 heavy (non-hydrogen) atoms. The van der Waals surface area contributed by atoms with Crippen molar-refractivity contribution in [3.63, 3.8) is 0 Å². The van der Waals surface area contributed by atoms with Crippen LogP contribution < -0.4 is 10.6 Å². The van der Waals surface area contributed by atoms with Crippen molar-refractivity contribution in [2.45, 2.75) is 52.9 Å². The summed E-state index contributed by atoms with van der Waals surface area (Å²) in [5, 5.41) is 6.94. The Morgan fingerprint density at radius 2 is 1.81 bits per heavy atom. The maximum Gasteiger partial charge on any atom is 0.191 e. The van der Waals surface area contributed by atoms with E-state index < -0.39 is 0 Å². The van der Waals surface area contributed by atoms with Crippen molar-refractivity contribution >= 4 is 29.9 Å². The van der Waals surface area contributed by atoms with Gasteiger partial charge in [-0.25, -0.2) is 0 Å². The minimum absolute atomic E-state index is 0. The molecule has 0 aromatic carbocycles. The first-order valence-corrected chi connectivity index (χ1v) is 8.21. The lowest BCUT2D eigenvalue weighted by atomic mass is 9.83. The van der Waals surface area contributed by atoms with Crippen molar-refractivity contribution in [1.82, 2.24) is 10.6 Å². The fourth-order valence-electron chi connectivity index (χ4n) is 3.21. The number of guanidine groups is 1. The summed E-state index contributed by atoms with van der Waals surface area (Å²) in [5.74, 6) is 0.973. The third-order valence-corrected chi connectivity index (χ3v) is 4.91. The zero-order chi connectivity index (χ0) is 14.5. The molecule has 1 heterocycles. The molecule has 5 heteroatoms. The average Bonchev–Trinajstić information content (AvgIpc) is 2.89. The molecule has 2 rings (SSSR count). The lowest BCUT2D eigenvalue weighted by Gasteiger charge is -2.36. The van der Waals surface area contributed by atoms with Crippen LogP contribution in [0.5, 0.6) is 0 Å². The number of rotatable bonds is 6. The molecule has 124 valence electrons. The Morgan fingerprint density at radius 3 is 2.29 bits per heavy atom. The quantitative estimate of drug-likeness (QED) is 0.403. The van der Waals surface area contributed by atoms with E-state index in [9.17, 15) is 0 Å². The average molecular weight is 409 g/mol. The molecule has 2 aliphatic rings. The van der Waals surface area contributed by atoms with Crippen LogP contribution in [0.2, 0.25) is 0 Å². The van der Waals surface area contributed by atoms with Gasteiger partial charge in [0, 0.05) is 18.5 Å². The number of ether oxygens (including phenoxy) is 1. The zero-order valence-corrected chi connectivity index (χ0v) is 16.2. The van der Waals surface area contributed by atoms with Gasteiger partial charge in [0.1, 0.15) is 0 Å². The fourth-order valence-corrected chi connectivity index (χ4v) is 3.21. The van der Waals surface area contributed by atoms with E-state index in [-0.39, 0.29) is 29.4 Å². The number of hydrogen-bond acceptors (Lipinski definition) is 2. The molecule has 0 aromatic rings. The summed E-state index contributed by atoms with van der Waals surface area (Å²) in [4.78, 5) is 4.75. The van der Waals surface area contributed by atoms with Gasteiger partial charge in [-0.15, -0.1) is 24.0 Å². The predicted octanol–water partition coefficient (Wildman–Crippen LogP) is 3.17. The predicted molar refractivity (Wildman–Crippen MR) is 99.5 cm³/mol. The number of halogens is 1. The van der Waals surface area contributed by atoms with Crippen LogP contribution in [0.25, 0.3) is 0 Å². The summed E-state index contributed by atoms with van der Waals surface area (Å²) in [6.07, 6.45) is 6.77. The highest BCUT2D eigenvalue weighted by molar-refractivity contribution is 14.0. The van der Waals surface area contributed by atoms with Gasteiger partial charge < -0.3 is 15.4 Å². The first kappa shape index (κ1) is 19.0. The van der Waals surface area contributed by atoms with Crippen molar-refractivity contribution in [3.8, 4) is 0 Å². The van der Waals surface area contributed by atoms with Crippen LogP contribution in [0, 0.1) is 10.8 Å². The largest absolute Gasteiger partial charge is 0.380 e. The van der Waals surface area contributed by atoms with E-state index in [1.54, 1.807) is 0 Å². The lowest BCUT2D eigenvalue weighted by Crippen LogP contribution is -2.46. The van der Waals surface area contributed by atoms with Crippen LogP contribution in [-0.2, 0) is 4.74 Å². The number of aliphatic imine (C=N–C) groups is 1. The molecule has 2 fully saturated rings. The van der Waals surface area contributed by atoms with Crippen LogP contribution in [0.1, 0.15) is 52.9 Å². The van der Waals surface area contributed by atoms with Gasteiger partial charge in [-0.1, -0.05) is 26.7 Å². The van der Waals surface area contributed by atoms with E-state index in [4.69, 9.17) is 9.73 Å². The van der Waals surface area contributed by atoms with Crippen LogP contribution in [0.15, 0.2) is 4.99 Å². The second-order valence-electron chi connectivity index (χ2n) is 6.91. The lowest BCUT2D eigenvalue weighted by molar-refractivity contribution is -0.0945. The van der Waals surface area contributed by atoms with Crippen LogP contribution in [0.3, 0.4) is 0 Å². The molecule has 0 spiro atoms. The molecule has 0 radical (unpaired) electrons. The molecular formula is C16H32IN3O. The summed E-state index contributed by atoms with van der Waals surface area (Å²) in [5.41, 5.74) is 0.748. The third-order valence-electron chi connectivity index (χ3n) is 4.91. The number of hydrogen-bond donors (Lipinski definition) is 2. The standard InChI is InChI=1S/C16H31N3O.HI/c1-4-16(8-6-7-9-16)11-19-14(17-5-2)18-10-15(3)12-20-13-15;/h4-13H2,1-3H3,(H2,17,18,19);1H. The highest BCUT2D eigenvalue weighted by Crippen LogP contribution is 2.40. The zero-order valence-electron chi connectivity index (χ0n) is 13.8. The van der Waals surface area contributed by atoms with Crippen molar-refractivity contribution < 1.29 is 4.74 Å². The van der Waals surface area contributed by atoms with Gasteiger partial charge in [0.05, 0.1) is 19.8 Å². The van der Waals surface area contributed by atoms with Gasteiger partial charge in [-0.3, -0.25) is 4.99 Å². The Hall–Kier alpha value is -0.0400. The van der Waals surface area contributed by atoms with Gasteiger partial charge in [0.25, 0.3) is 0 Å². The fraction of sp³-hybridized carbons (Fsp3) is 0.938. The smallest absolute Gasteiger partial charge is 0.191 e. The van der Waals surface area contributed by atoms with Crippen molar-refractivity contribution in [2.75, 3.05) is 32.8 Å². The van der Waals surface area contributed by atoms with Crippen molar-refractivity contribution in [1.29, 1.82) is 0 Å². The van der Waals surface area contributed by atoms with E-state index in [2.05, 4.69) is 31.4 Å². The summed E-state index contributed by atoms with van der Waals surface area (Å²) >= 11 is 0. The molecule has 2 N–H and O–H groups in total. The number of nitrogens with zero attached hydrogens (tertiary/aromatic N) is 1. The maximum absolute atomic E-state index is 5.29. The second kappa shape index (κ2) is 8.56. The van der Waals surface area contributed by atoms with Crippen LogP contribution >= 0.6 is 24.0 Å². The monoisotopic (exact) mass is 409 g/mol.